The van der Waals surface area contributed by atoms with Crippen molar-refractivity contribution in [3.05, 3.63) is 59.9 Å². The number of benzene rings is 1. The van der Waals surface area contributed by atoms with Crippen LogP contribution in [0.2, 0.25) is 0 Å². The molecule has 0 atom stereocenters. The van der Waals surface area contributed by atoms with Crippen molar-refractivity contribution in [3.8, 4) is 0 Å². The van der Waals surface area contributed by atoms with Gasteiger partial charge in [0.15, 0.2) is 5.82 Å². The van der Waals surface area contributed by atoms with Gasteiger partial charge in [0.25, 0.3) is 11.8 Å². The van der Waals surface area contributed by atoms with E-state index in [0.29, 0.717) is 22.3 Å². The number of imide groups is 1. The van der Waals surface area contributed by atoms with E-state index >= 15 is 0 Å². The van der Waals surface area contributed by atoms with Crippen LogP contribution < -0.4 is 10.6 Å². The number of nitrogens with zero attached hydrogens (tertiary/aromatic N) is 3. The predicted molar refractivity (Wildman–Crippen MR) is 81.5 cm³/mol. The standard InChI is InChI=1S/C16H10N4O2/c17-13-7-9-5-6-18-14(12(9)8-19-13)20-15(21)10-3-1-2-4-11(10)16(20)22/h1-8H,(H2,17,19). The third-order valence-corrected chi connectivity index (χ3v) is 3.65. The number of carbonyl (C=O) groups excluding carboxylic acids is 2. The minimum Gasteiger partial charge on any atom is -0.384 e. The molecule has 0 saturated carbocycles. The molecule has 0 unspecified atom stereocenters. The lowest BCUT2D eigenvalue weighted by Gasteiger charge is -2.14. The molecular formula is C16H10N4O2. The number of rotatable bonds is 1. The Balaban J connectivity index is 1.94. The first-order valence-corrected chi connectivity index (χ1v) is 6.65. The summed E-state index contributed by atoms with van der Waals surface area (Å²) in [5, 5.41) is 1.38. The first kappa shape index (κ1) is 12.5. The van der Waals surface area contributed by atoms with Crippen LogP contribution in [0.4, 0.5) is 11.6 Å². The van der Waals surface area contributed by atoms with Crippen LogP contribution in [-0.2, 0) is 0 Å². The number of nitrogens with two attached hydrogens (primary N) is 1. The Bertz CT molecular complexity index is 917. The molecule has 6 nitrogen and oxygen atoms in total. The monoisotopic (exact) mass is 290 g/mol. The van der Waals surface area contributed by atoms with Crippen molar-refractivity contribution in [2.75, 3.05) is 10.6 Å². The highest BCUT2D eigenvalue weighted by atomic mass is 16.2. The molecule has 0 aliphatic carbocycles. The first-order valence-electron chi connectivity index (χ1n) is 6.65. The molecule has 4 rings (SSSR count). The minimum atomic E-state index is -0.377. The normalized spacial score (nSPS) is 13.7. The van der Waals surface area contributed by atoms with Gasteiger partial charge in [-0.2, -0.15) is 0 Å². The van der Waals surface area contributed by atoms with Gasteiger partial charge in [-0.25, -0.2) is 14.9 Å². The Morgan fingerprint density at radius 3 is 2.32 bits per heavy atom. The Morgan fingerprint density at radius 2 is 1.64 bits per heavy atom. The molecule has 3 aromatic rings. The molecule has 0 fully saturated rings. The molecule has 6 heteroatoms. The predicted octanol–water partition coefficient (Wildman–Crippen LogP) is 2.01. The zero-order valence-electron chi connectivity index (χ0n) is 11.4. The fourth-order valence-corrected chi connectivity index (χ4v) is 2.63. The second-order valence-corrected chi connectivity index (χ2v) is 4.96. The highest BCUT2D eigenvalue weighted by Crippen LogP contribution is 2.31. The molecular weight excluding hydrogens is 280 g/mol. The number of fused-ring (bicyclic) bond motifs is 2. The average Bonchev–Trinajstić information content (AvgIpc) is 2.78. The third-order valence-electron chi connectivity index (χ3n) is 3.65. The van der Waals surface area contributed by atoms with Gasteiger partial charge in [0.1, 0.15) is 5.82 Å². The van der Waals surface area contributed by atoms with Gasteiger partial charge in [-0.15, -0.1) is 0 Å². The zero-order chi connectivity index (χ0) is 15.3. The summed E-state index contributed by atoms with van der Waals surface area (Å²) >= 11 is 0. The van der Waals surface area contributed by atoms with E-state index in [-0.39, 0.29) is 17.6 Å². The van der Waals surface area contributed by atoms with Crippen molar-refractivity contribution in [1.82, 2.24) is 9.97 Å². The maximum atomic E-state index is 12.5. The molecule has 22 heavy (non-hydrogen) atoms. The fourth-order valence-electron chi connectivity index (χ4n) is 2.63. The topological polar surface area (TPSA) is 89.2 Å². The third kappa shape index (κ3) is 1.61. The van der Waals surface area contributed by atoms with Crippen LogP contribution in [-0.4, -0.2) is 21.8 Å². The van der Waals surface area contributed by atoms with Crippen LogP contribution in [0, 0.1) is 0 Å². The van der Waals surface area contributed by atoms with Gasteiger partial charge in [-0.3, -0.25) is 9.59 Å². The van der Waals surface area contributed by atoms with E-state index in [4.69, 9.17) is 5.73 Å². The van der Waals surface area contributed by atoms with Gasteiger partial charge in [0.05, 0.1) is 11.1 Å². The van der Waals surface area contributed by atoms with Crippen LogP contribution in [0.25, 0.3) is 10.8 Å². The van der Waals surface area contributed by atoms with Crippen molar-refractivity contribution in [2.24, 2.45) is 0 Å². The van der Waals surface area contributed by atoms with Crippen LogP contribution >= 0.6 is 0 Å². The number of carbonyl (C=O) groups is 2. The average molecular weight is 290 g/mol. The number of nitrogen functional groups attached to an aromatic ring is 1. The van der Waals surface area contributed by atoms with Gasteiger partial charge >= 0.3 is 0 Å². The number of anilines is 2. The molecule has 3 heterocycles. The number of pyridine rings is 2. The van der Waals surface area contributed by atoms with Gasteiger partial charge in [0.2, 0.25) is 0 Å². The molecule has 1 aromatic carbocycles. The highest BCUT2D eigenvalue weighted by molar-refractivity contribution is 6.35. The van der Waals surface area contributed by atoms with Crippen molar-refractivity contribution in [3.63, 3.8) is 0 Å². The number of amides is 2. The number of hydrogen-bond donors (Lipinski definition) is 1. The number of hydrogen-bond acceptors (Lipinski definition) is 5. The lowest BCUT2D eigenvalue weighted by molar-refractivity contribution is 0.0925. The summed E-state index contributed by atoms with van der Waals surface area (Å²) in [4.78, 5) is 34.4. The Hall–Kier alpha value is -3.28. The SMILES string of the molecule is Nc1cc2ccnc(N3C(=O)c4ccccc4C3=O)c2cn1. The number of aromatic nitrogens is 2. The van der Waals surface area contributed by atoms with E-state index < -0.39 is 0 Å². The maximum Gasteiger partial charge on any atom is 0.267 e. The van der Waals surface area contributed by atoms with E-state index in [0.717, 1.165) is 10.3 Å². The Morgan fingerprint density at radius 1 is 0.955 bits per heavy atom. The molecule has 1 aliphatic rings. The summed E-state index contributed by atoms with van der Waals surface area (Å²) in [5.74, 6) is -0.113. The summed E-state index contributed by atoms with van der Waals surface area (Å²) < 4.78 is 0. The van der Waals surface area contributed by atoms with Crippen LogP contribution in [0.15, 0.2) is 48.8 Å². The van der Waals surface area contributed by atoms with E-state index in [1.165, 1.54) is 6.20 Å². The molecule has 1 aliphatic heterocycles. The van der Waals surface area contributed by atoms with Crippen molar-refractivity contribution < 1.29 is 9.59 Å². The van der Waals surface area contributed by atoms with Crippen molar-refractivity contribution in [1.29, 1.82) is 0 Å². The van der Waals surface area contributed by atoms with Crippen LogP contribution in [0.5, 0.6) is 0 Å². The van der Waals surface area contributed by atoms with Crippen molar-refractivity contribution >= 4 is 34.2 Å². The largest absolute Gasteiger partial charge is 0.384 e. The zero-order valence-corrected chi connectivity index (χ0v) is 11.4. The second-order valence-electron chi connectivity index (χ2n) is 4.96. The van der Waals surface area contributed by atoms with Crippen LogP contribution in [0.1, 0.15) is 20.7 Å². The smallest absolute Gasteiger partial charge is 0.267 e. The van der Waals surface area contributed by atoms with E-state index in [2.05, 4.69) is 9.97 Å². The molecule has 2 aromatic heterocycles. The van der Waals surface area contributed by atoms with E-state index in [1.807, 2.05) is 0 Å². The van der Waals surface area contributed by atoms with Crippen LogP contribution in [0.3, 0.4) is 0 Å². The molecule has 0 spiro atoms. The lowest BCUT2D eigenvalue weighted by Crippen LogP contribution is -2.30. The summed E-state index contributed by atoms with van der Waals surface area (Å²) in [5.41, 5.74) is 6.44. The van der Waals surface area contributed by atoms with Crippen molar-refractivity contribution in [2.45, 2.75) is 0 Å². The molecule has 0 saturated heterocycles. The minimum absolute atomic E-state index is 0.274. The first-order chi connectivity index (χ1) is 10.7. The Labute approximate surface area is 125 Å². The molecule has 0 bridgehead atoms. The van der Waals surface area contributed by atoms with Gasteiger partial charge < -0.3 is 5.73 Å². The fraction of sp³-hybridized carbons (Fsp3) is 0. The maximum absolute atomic E-state index is 12.5. The molecule has 2 amide bonds. The molecule has 0 radical (unpaired) electrons. The summed E-state index contributed by atoms with van der Waals surface area (Å²) in [6.07, 6.45) is 3.07. The Kier molecular flexibility index (Phi) is 2.47. The van der Waals surface area contributed by atoms with Gasteiger partial charge in [0, 0.05) is 17.8 Å². The van der Waals surface area contributed by atoms with Gasteiger partial charge in [-0.1, -0.05) is 12.1 Å². The summed E-state index contributed by atoms with van der Waals surface area (Å²) in [7, 11) is 0. The highest BCUT2D eigenvalue weighted by Gasteiger charge is 2.37. The van der Waals surface area contributed by atoms with Gasteiger partial charge in [-0.05, 0) is 29.7 Å². The summed E-state index contributed by atoms with van der Waals surface area (Å²) in [6.45, 7) is 0. The summed E-state index contributed by atoms with van der Waals surface area (Å²) in [6, 6.07) is 10.2. The lowest BCUT2D eigenvalue weighted by atomic mass is 10.1. The van der Waals surface area contributed by atoms with E-state index in [1.54, 1.807) is 42.6 Å². The molecule has 2 N–H and O–H groups in total. The molecule has 106 valence electrons. The second kappa shape index (κ2) is 4.36. The van der Waals surface area contributed by atoms with E-state index in [9.17, 15) is 9.59 Å². The quantitative estimate of drug-likeness (QED) is 0.692.